The van der Waals surface area contributed by atoms with Crippen LogP contribution >= 0.6 is 0 Å². The van der Waals surface area contributed by atoms with Crippen LogP contribution in [-0.4, -0.2) is 28.9 Å². The number of hydrogen-bond donors (Lipinski definition) is 2. The smallest absolute Gasteiger partial charge is 0.418 e. The predicted octanol–water partition coefficient (Wildman–Crippen LogP) is 1.71. The Morgan fingerprint density at radius 1 is 1.38 bits per heavy atom. The van der Waals surface area contributed by atoms with Crippen molar-refractivity contribution in [3.63, 3.8) is 0 Å². The van der Waals surface area contributed by atoms with Crippen LogP contribution in [0.15, 0.2) is 18.7 Å². The van der Waals surface area contributed by atoms with Gasteiger partial charge in [-0.15, -0.1) is 0 Å². The summed E-state index contributed by atoms with van der Waals surface area (Å²) < 4.78 is 39.0. The number of rotatable bonds is 0. The van der Waals surface area contributed by atoms with Gasteiger partial charge in [0.2, 0.25) is 0 Å². The average Bonchev–Trinajstić information content (AvgIpc) is 2.36. The molecule has 1 aromatic heterocycles. The molecule has 0 radical (unpaired) electrons. The molecule has 8 heteroatoms. The van der Waals surface area contributed by atoms with Gasteiger partial charge in [-0.05, 0) is 6.92 Å². The normalized spacial score (nSPS) is 9.08. The summed E-state index contributed by atoms with van der Waals surface area (Å²) in [6, 6.07) is 0. The van der Waals surface area contributed by atoms with Crippen molar-refractivity contribution in [1.82, 2.24) is 9.97 Å². The number of nitrogens with one attached hydrogen (secondary N) is 1. The molecule has 78 valence electrons. The van der Waals surface area contributed by atoms with Crippen molar-refractivity contribution in [3.8, 4) is 0 Å². The van der Waals surface area contributed by atoms with Gasteiger partial charge in [0.1, 0.15) is 0 Å². The van der Waals surface area contributed by atoms with E-state index in [-0.39, 0.29) is 6.61 Å². The molecule has 1 aromatic rings. The maximum absolute atomic E-state index is 9.75. The van der Waals surface area contributed by atoms with Crippen LogP contribution in [-0.2, 0) is 0 Å². The molecule has 0 unspecified atom stereocenters. The van der Waals surface area contributed by atoms with E-state index < -0.39 is 7.25 Å². The molecular weight excluding hydrogens is 191 g/mol. The lowest BCUT2D eigenvalue weighted by Crippen LogP contribution is -2.02. The molecule has 13 heavy (non-hydrogen) atoms. The Kier molecular flexibility index (Phi) is 10.1. The van der Waals surface area contributed by atoms with Gasteiger partial charge in [0.15, 0.2) is 0 Å². The average molecular weight is 201 g/mol. The summed E-state index contributed by atoms with van der Waals surface area (Å²) in [6.07, 6.45) is 5.08. The Hall–Kier alpha value is -1.05. The van der Waals surface area contributed by atoms with E-state index in [4.69, 9.17) is 5.11 Å². The monoisotopic (exact) mass is 201 g/mol. The number of aromatic amines is 1. The first-order chi connectivity index (χ1) is 5.91. The van der Waals surface area contributed by atoms with Crippen LogP contribution in [0.25, 0.3) is 0 Å². The lowest BCUT2D eigenvalue weighted by atomic mass is 10.3. The fourth-order valence-electron chi connectivity index (χ4n) is 0.215. The molecule has 1 heterocycles. The number of aliphatic hydroxyl groups excluding tert-OH is 1. The van der Waals surface area contributed by atoms with Crippen LogP contribution in [0.5, 0.6) is 0 Å². The molecule has 0 amide bonds. The van der Waals surface area contributed by atoms with Crippen molar-refractivity contribution in [2.45, 2.75) is 6.92 Å². The highest BCUT2D eigenvalue weighted by molar-refractivity contribution is 6.50. The van der Waals surface area contributed by atoms with Crippen molar-refractivity contribution >= 4 is 7.25 Å². The molecule has 0 aliphatic heterocycles. The Morgan fingerprint density at radius 3 is 1.85 bits per heavy atom. The molecule has 1 rings (SSSR count). The maximum atomic E-state index is 9.75. The summed E-state index contributed by atoms with van der Waals surface area (Å²) in [5.74, 6) is 0. The fraction of sp³-hybridized carbons (Fsp3) is 0.400. The van der Waals surface area contributed by atoms with Crippen molar-refractivity contribution in [3.05, 3.63) is 18.7 Å². The Bertz CT molecular complexity index is 144. The number of imidazole rings is 1. The summed E-state index contributed by atoms with van der Waals surface area (Å²) in [6.45, 7) is 1.93. The van der Waals surface area contributed by atoms with Crippen LogP contribution < -0.4 is 0 Å². The first kappa shape index (κ1) is 14.5. The molecular formula is C5H10BF4N2O-. The summed E-state index contributed by atoms with van der Waals surface area (Å²) >= 11 is 0. The van der Waals surface area contributed by atoms with Crippen LogP contribution in [0, 0.1) is 0 Å². The topological polar surface area (TPSA) is 48.9 Å². The summed E-state index contributed by atoms with van der Waals surface area (Å²) in [5.41, 5.74) is 0. The molecule has 0 aliphatic carbocycles. The quantitative estimate of drug-likeness (QED) is 0.495. The van der Waals surface area contributed by atoms with Gasteiger partial charge in [-0.2, -0.15) is 0 Å². The van der Waals surface area contributed by atoms with E-state index in [0.717, 1.165) is 0 Å². The van der Waals surface area contributed by atoms with Gasteiger partial charge in [0.25, 0.3) is 0 Å². The van der Waals surface area contributed by atoms with Gasteiger partial charge in [-0.25, -0.2) is 4.98 Å². The lowest BCUT2D eigenvalue weighted by Gasteiger charge is -1.94. The third kappa shape index (κ3) is 56.2. The zero-order chi connectivity index (χ0) is 10.7. The number of nitrogens with zero attached hydrogens (tertiary/aromatic N) is 1. The predicted molar refractivity (Wildman–Crippen MR) is 41.5 cm³/mol. The van der Waals surface area contributed by atoms with E-state index in [1.54, 1.807) is 25.6 Å². The summed E-state index contributed by atoms with van der Waals surface area (Å²) in [5, 5.41) is 7.57. The summed E-state index contributed by atoms with van der Waals surface area (Å²) in [7, 11) is -6.00. The number of hydrogen-bond acceptors (Lipinski definition) is 2. The van der Waals surface area contributed by atoms with Gasteiger partial charge in [0.05, 0.1) is 6.33 Å². The number of aliphatic hydroxyl groups is 1. The van der Waals surface area contributed by atoms with Crippen molar-refractivity contribution < 1.29 is 22.4 Å². The number of aromatic nitrogens is 2. The lowest BCUT2D eigenvalue weighted by molar-refractivity contribution is 0.318. The molecule has 0 aliphatic rings. The first-order valence-corrected chi connectivity index (χ1v) is 3.32. The van der Waals surface area contributed by atoms with E-state index in [0.29, 0.717) is 0 Å². The highest BCUT2D eigenvalue weighted by Crippen LogP contribution is 2.06. The molecule has 2 N–H and O–H groups in total. The zero-order valence-corrected chi connectivity index (χ0v) is 6.92. The van der Waals surface area contributed by atoms with Gasteiger partial charge >= 0.3 is 7.25 Å². The molecule has 0 spiro atoms. The minimum absolute atomic E-state index is 0.250. The standard InChI is InChI=1S/C3H4N2.C2H6O.BF4/c1-2-5-3-4-1;1-2-3;2-1(3,4)5/h1-3H,(H,4,5);3H,2H2,1H3;/q;;-1. The fourth-order valence-corrected chi connectivity index (χ4v) is 0.215. The molecule has 0 aromatic carbocycles. The Morgan fingerprint density at radius 2 is 1.77 bits per heavy atom. The maximum Gasteiger partial charge on any atom is 0.673 e. The van der Waals surface area contributed by atoms with E-state index in [2.05, 4.69) is 9.97 Å². The van der Waals surface area contributed by atoms with Gasteiger partial charge in [-0.1, -0.05) is 0 Å². The Balaban J connectivity index is 0. The zero-order valence-electron chi connectivity index (χ0n) is 6.92. The van der Waals surface area contributed by atoms with E-state index >= 15 is 0 Å². The molecule has 3 nitrogen and oxygen atoms in total. The second-order valence-electron chi connectivity index (χ2n) is 1.57. The number of halogens is 4. The van der Waals surface area contributed by atoms with Crippen molar-refractivity contribution in [2.24, 2.45) is 0 Å². The first-order valence-electron chi connectivity index (χ1n) is 3.32. The molecule has 0 bridgehead atoms. The second-order valence-corrected chi connectivity index (χ2v) is 1.57. The Labute approximate surface area is 72.9 Å². The molecule has 0 saturated heterocycles. The van der Waals surface area contributed by atoms with E-state index in [1.807, 2.05) is 0 Å². The highest BCUT2D eigenvalue weighted by Gasteiger charge is 2.20. The van der Waals surface area contributed by atoms with Crippen LogP contribution in [0.2, 0.25) is 0 Å². The van der Waals surface area contributed by atoms with Gasteiger partial charge in [-0.3, -0.25) is 0 Å². The SMILES string of the molecule is CCO.F[B-](F)(F)F.c1c[nH]cn1. The molecule has 0 saturated carbocycles. The van der Waals surface area contributed by atoms with E-state index in [1.165, 1.54) is 0 Å². The summed E-state index contributed by atoms with van der Waals surface area (Å²) in [4.78, 5) is 6.42. The minimum Gasteiger partial charge on any atom is -0.418 e. The van der Waals surface area contributed by atoms with Crippen LogP contribution in [0.4, 0.5) is 17.3 Å². The van der Waals surface area contributed by atoms with Crippen molar-refractivity contribution in [1.29, 1.82) is 0 Å². The molecule has 0 fully saturated rings. The third-order valence-corrected chi connectivity index (χ3v) is 0.406. The third-order valence-electron chi connectivity index (χ3n) is 0.406. The molecule has 0 atom stereocenters. The largest absolute Gasteiger partial charge is 0.673 e. The van der Waals surface area contributed by atoms with Crippen LogP contribution in [0.3, 0.4) is 0 Å². The highest BCUT2D eigenvalue weighted by atomic mass is 19.5. The van der Waals surface area contributed by atoms with Crippen LogP contribution in [0.1, 0.15) is 6.92 Å². The van der Waals surface area contributed by atoms with E-state index in [9.17, 15) is 17.3 Å². The second kappa shape index (κ2) is 9.05. The van der Waals surface area contributed by atoms with Gasteiger partial charge in [0, 0.05) is 19.0 Å². The number of H-pyrrole nitrogens is 1. The van der Waals surface area contributed by atoms with Crippen molar-refractivity contribution in [2.75, 3.05) is 6.61 Å². The van der Waals surface area contributed by atoms with Gasteiger partial charge < -0.3 is 27.4 Å². The minimum atomic E-state index is -6.00.